The number of carbonyl (C=O) groups is 1. The van der Waals surface area contributed by atoms with Crippen molar-refractivity contribution in [1.29, 1.82) is 0 Å². The topological polar surface area (TPSA) is 37.3 Å². The molecule has 1 saturated carbocycles. The van der Waals surface area contributed by atoms with Crippen LogP contribution in [0.15, 0.2) is 0 Å². The molecular formula is C7H10F2O2. The molecule has 0 spiro atoms. The van der Waals surface area contributed by atoms with Crippen molar-refractivity contribution < 1.29 is 18.7 Å². The van der Waals surface area contributed by atoms with Crippen LogP contribution in [0, 0.1) is 11.8 Å². The van der Waals surface area contributed by atoms with E-state index in [-0.39, 0.29) is 6.42 Å². The van der Waals surface area contributed by atoms with E-state index in [0.717, 1.165) is 0 Å². The van der Waals surface area contributed by atoms with Crippen molar-refractivity contribution in [3.8, 4) is 0 Å². The normalized spacial score (nSPS) is 35.5. The Labute approximate surface area is 63.2 Å². The van der Waals surface area contributed by atoms with Gasteiger partial charge < -0.3 is 5.11 Å². The average molecular weight is 164 g/mol. The van der Waals surface area contributed by atoms with Crippen LogP contribution < -0.4 is 0 Å². The second-order valence-corrected chi connectivity index (χ2v) is 3.09. The summed E-state index contributed by atoms with van der Waals surface area (Å²) in [5.41, 5.74) is 0. The Morgan fingerprint density at radius 3 is 2.36 bits per heavy atom. The molecule has 1 fully saturated rings. The fourth-order valence-corrected chi connectivity index (χ4v) is 1.58. The number of halogens is 2. The molecule has 4 heteroatoms. The maximum atomic E-state index is 12.7. The first kappa shape index (κ1) is 8.43. The molecule has 0 aromatic rings. The third kappa shape index (κ3) is 1.34. The summed E-state index contributed by atoms with van der Waals surface area (Å²) in [5.74, 6) is -6.24. The molecule has 0 saturated heterocycles. The monoisotopic (exact) mass is 164 g/mol. The molecule has 0 aliphatic heterocycles. The zero-order chi connectivity index (χ0) is 8.65. The molecule has 0 aromatic carbocycles. The van der Waals surface area contributed by atoms with Gasteiger partial charge in [-0.15, -0.1) is 0 Å². The molecule has 11 heavy (non-hydrogen) atoms. The van der Waals surface area contributed by atoms with Crippen molar-refractivity contribution in [3.63, 3.8) is 0 Å². The second kappa shape index (κ2) is 2.43. The molecule has 64 valence electrons. The number of hydrogen-bond acceptors (Lipinski definition) is 1. The zero-order valence-electron chi connectivity index (χ0n) is 6.18. The maximum Gasteiger partial charge on any atom is 0.312 e. The van der Waals surface area contributed by atoms with E-state index in [2.05, 4.69) is 0 Å². The molecule has 0 aromatic heterocycles. The minimum Gasteiger partial charge on any atom is -0.481 e. The largest absolute Gasteiger partial charge is 0.481 e. The molecule has 2 atom stereocenters. The van der Waals surface area contributed by atoms with Crippen molar-refractivity contribution >= 4 is 5.97 Å². The van der Waals surface area contributed by atoms with Crippen LogP contribution in [0.1, 0.15) is 19.8 Å². The molecule has 2 nitrogen and oxygen atoms in total. The Hall–Kier alpha value is -0.670. The highest BCUT2D eigenvalue weighted by Crippen LogP contribution is 2.44. The lowest BCUT2D eigenvalue weighted by molar-refractivity contribution is -0.155. The van der Waals surface area contributed by atoms with E-state index in [0.29, 0.717) is 6.42 Å². The summed E-state index contributed by atoms with van der Waals surface area (Å²) in [7, 11) is 0. The van der Waals surface area contributed by atoms with Crippen LogP contribution in [0.2, 0.25) is 0 Å². The predicted molar refractivity (Wildman–Crippen MR) is 34.5 cm³/mol. The SMILES string of the molecule is C[C@H]1CCC(F)(F)[C@@H]1C(=O)O. The van der Waals surface area contributed by atoms with Crippen molar-refractivity contribution in [1.82, 2.24) is 0 Å². The van der Waals surface area contributed by atoms with Gasteiger partial charge in [0.2, 0.25) is 0 Å². The van der Waals surface area contributed by atoms with Crippen LogP contribution in [0.5, 0.6) is 0 Å². The number of alkyl halides is 2. The highest BCUT2D eigenvalue weighted by atomic mass is 19.3. The van der Waals surface area contributed by atoms with E-state index in [9.17, 15) is 13.6 Å². The minimum atomic E-state index is -2.99. The van der Waals surface area contributed by atoms with E-state index in [1.165, 1.54) is 0 Å². The second-order valence-electron chi connectivity index (χ2n) is 3.09. The van der Waals surface area contributed by atoms with Crippen LogP contribution in [0.4, 0.5) is 8.78 Å². The zero-order valence-corrected chi connectivity index (χ0v) is 6.18. The highest BCUT2D eigenvalue weighted by Gasteiger charge is 2.52. The summed E-state index contributed by atoms with van der Waals surface area (Å²) in [6.07, 6.45) is 0.0229. The summed E-state index contributed by atoms with van der Waals surface area (Å²) in [6, 6.07) is 0. The van der Waals surface area contributed by atoms with Crippen LogP contribution >= 0.6 is 0 Å². The lowest BCUT2D eigenvalue weighted by atomic mass is 9.96. The molecule has 0 unspecified atom stereocenters. The number of carboxylic acids is 1. The summed E-state index contributed by atoms with van der Waals surface area (Å²) in [6.45, 7) is 1.56. The van der Waals surface area contributed by atoms with Crippen molar-refractivity contribution in [2.24, 2.45) is 11.8 Å². The fourth-order valence-electron chi connectivity index (χ4n) is 1.58. The Morgan fingerprint density at radius 2 is 2.18 bits per heavy atom. The molecule has 0 radical (unpaired) electrons. The molecule has 1 rings (SSSR count). The van der Waals surface area contributed by atoms with Gasteiger partial charge in [-0.25, -0.2) is 8.78 Å². The van der Waals surface area contributed by atoms with Gasteiger partial charge >= 0.3 is 5.97 Å². The van der Waals surface area contributed by atoms with E-state index < -0.39 is 23.7 Å². The fraction of sp³-hybridized carbons (Fsp3) is 0.857. The standard InChI is InChI=1S/C7H10F2O2/c1-4-2-3-7(8,9)5(4)6(10)11/h4-5H,2-3H2,1H3,(H,10,11)/t4-,5-/m0/s1. The highest BCUT2D eigenvalue weighted by molar-refractivity contribution is 5.72. The molecule has 1 aliphatic carbocycles. The molecule has 1 N–H and O–H groups in total. The lowest BCUT2D eigenvalue weighted by Crippen LogP contribution is -2.32. The van der Waals surface area contributed by atoms with E-state index in [1.807, 2.05) is 0 Å². The summed E-state index contributed by atoms with van der Waals surface area (Å²) in [5, 5.41) is 8.44. The number of rotatable bonds is 1. The minimum absolute atomic E-state index is 0.287. The van der Waals surface area contributed by atoms with Gasteiger partial charge in [0.05, 0.1) is 0 Å². The van der Waals surface area contributed by atoms with E-state index in [4.69, 9.17) is 5.11 Å². The van der Waals surface area contributed by atoms with Crippen molar-refractivity contribution in [3.05, 3.63) is 0 Å². The van der Waals surface area contributed by atoms with Gasteiger partial charge in [-0.1, -0.05) is 6.92 Å². The molecule has 1 aliphatic rings. The summed E-state index contributed by atoms with van der Waals surface area (Å²) in [4.78, 5) is 10.3. The quantitative estimate of drug-likeness (QED) is 0.641. The average Bonchev–Trinajstić information content (AvgIpc) is 2.06. The van der Waals surface area contributed by atoms with Gasteiger partial charge in [0.25, 0.3) is 5.92 Å². The van der Waals surface area contributed by atoms with Gasteiger partial charge in [0.1, 0.15) is 5.92 Å². The Kier molecular flexibility index (Phi) is 1.86. The molecule has 0 heterocycles. The third-order valence-electron chi connectivity index (χ3n) is 2.22. The molecular weight excluding hydrogens is 154 g/mol. The van der Waals surface area contributed by atoms with E-state index >= 15 is 0 Å². The van der Waals surface area contributed by atoms with Crippen molar-refractivity contribution in [2.75, 3.05) is 0 Å². The number of hydrogen-bond donors (Lipinski definition) is 1. The first-order chi connectivity index (χ1) is 4.95. The van der Waals surface area contributed by atoms with Crippen molar-refractivity contribution in [2.45, 2.75) is 25.7 Å². The van der Waals surface area contributed by atoms with Crippen LogP contribution in [0.3, 0.4) is 0 Å². The van der Waals surface area contributed by atoms with Crippen LogP contribution in [-0.4, -0.2) is 17.0 Å². The third-order valence-corrected chi connectivity index (χ3v) is 2.22. The van der Waals surface area contributed by atoms with Crippen LogP contribution in [-0.2, 0) is 4.79 Å². The van der Waals surface area contributed by atoms with Gasteiger partial charge in [-0.2, -0.15) is 0 Å². The van der Waals surface area contributed by atoms with Gasteiger partial charge in [-0.05, 0) is 12.3 Å². The molecule has 0 amide bonds. The summed E-state index contributed by atoms with van der Waals surface area (Å²) < 4.78 is 25.5. The van der Waals surface area contributed by atoms with Crippen LogP contribution in [0.25, 0.3) is 0 Å². The molecule has 0 bridgehead atoms. The first-order valence-corrected chi connectivity index (χ1v) is 3.56. The first-order valence-electron chi connectivity index (χ1n) is 3.56. The lowest BCUT2D eigenvalue weighted by Gasteiger charge is -2.16. The van der Waals surface area contributed by atoms with Gasteiger partial charge in [0.15, 0.2) is 0 Å². The van der Waals surface area contributed by atoms with Gasteiger partial charge in [-0.3, -0.25) is 4.79 Å². The van der Waals surface area contributed by atoms with E-state index in [1.54, 1.807) is 6.92 Å². The Bertz CT molecular complexity index is 179. The number of aliphatic carboxylic acids is 1. The Balaban J connectivity index is 2.80. The number of carboxylic acid groups (broad SMARTS) is 1. The predicted octanol–water partition coefficient (Wildman–Crippen LogP) is 1.75. The summed E-state index contributed by atoms with van der Waals surface area (Å²) >= 11 is 0. The van der Waals surface area contributed by atoms with Gasteiger partial charge in [0, 0.05) is 6.42 Å². The Morgan fingerprint density at radius 1 is 1.64 bits per heavy atom. The smallest absolute Gasteiger partial charge is 0.312 e. The maximum absolute atomic E-state index is 12.7.